The molecule has 0 spiro atoms. The van der Waals surface area contributed by atoms with Gasteiger partial charge in [0.05, 0.1) is 0 Å². The smallest absolute Gasteiger partial charge is 0.122 e. The zero-order chi connectivity index (χ0) is 23.6. The van der Waals surface area contributed by atoms with Crippen LogP contribution in [0.25, 0.3) is 10.8 Å². The fourth-order valence-corrected chi connectivity index (χ4v) is 3.28. The van der Waals surface area contributed by atoms with Crippen molar-refractivity contribution in [3.05, 3.63) is 97.1 Å². The molecule has 0 aromatic heterocycles. The third kappa shape index (κ3) is 7.13. The summed E-state index contributed by atoms with van der Waals surface area (Å²) in [7, 11) is 0. The first-order valence-corrected chi connectivity index (χ1v) is 11.2. The molecule has 0 bridgehead atoms. The second-order valence-electron chi connectivity index (χ2n) is 7.85. The molecule has 0 aliphatic carbocycles. The van der Waals surface area contributed by atoms with E-state index in [9.17, 15) is 10.2 Å². The third-order valence-corrected chi connectivity index (χ3v) is 5.04. The minimum atomic E-state index is -0.759. The number of fused-ring (bicyclic) bond motifs is 1. The molecule has 4 rings (SSSR count). The number of aliphatic hydroxyl groups excluding tert-OH is 2. The van der Waals surface area contributed by atoms with E-state index >= 15 is 0 Å². The first kappa shape index (κ1) is 23.4. The number of hydrogen-bond donors (Lipinski definition) is 2. The van der Waals surface area contributed by atoms with E-state index in [0.29, 0.717) is 23.0 Å². The lowest BCUT2D eigenvalue weighted by Gasteiger charge is -2.15. The first-order chi connectivity index (χ1) is 16.7. The van der Waals surface area contributed by atoms with Crippen molar-refractivity contribution in [1.82, 2.24) is 0 Å². The molecular formula is C28H28O6. The van der Waals surface area contributed by atoms with Crippen LogP contribution in [0.4, 0.5) is 0 Å². The normalized spacial score (nSPS) is 12.6. The van der Waals surface area contributed by atoms with Crippen LogP contribution >= 0.6 is 0 Å². The van der Waals surface area contributed by atoms with E-state index in [2.05, 4.69) is 0 Å². The molecule has 6 nitrogen and oxygen atoms in total. The van der Waals surface area contributed by atoms with Crippen molar-refractivity contribution >= 4 is 10.8 Å². The van der Waals surface area contributed by atoms with Crippen molar-refractivity contribution < 1.29 is 29.2 Å². The van der Waals surface area contributed by atoms with E-state index in [1.165, 1.54) is 0 Å². The molecule has 0 amide bonds. The van der Waals surface area contributed by atoms with E-state index < -0.39 is 12.2 Å². The van der Waals surface area contributed by atoms with Crippen molar-refractivity contribution in [3.8, 4) is 23.0 Å². The van der Waals surface area contributed by atoms with Crippen LogP contribution in [0.5, 0.6) is 23.0 Å². The summed E-state index contributed by atoms with van der Waals surface area (Å²) in [5, 5.41) is 22.3. The Balaban J connectivity index is 1.26. The van der Waals surface area contributed by atoms with Gasteiger partial charge in [-0.15, -0.1) is 0 Å². The Morgan fingerprint density at radius 3 is 1.24 bits per heavy atom. The number of hydrogen-bond acceptors (Lipinski definition) is 6. The number of rotatable bonds is 12. The van der Waals surface area contributed by atoms with Crippen LogP contribution < -0.4 is 18.9 Å². The first-order valence-electron chi connectivity index (χ1n) is 11.2. The topological polar surface area (TPSA) is 77.4 Å². The third-order valence-electron chi connectivity index (χ3n) is 5.04. The molecule has 0 radical (unpaired) electrons. The van der Waals surface area contributed by atoms with Gasteiger partial charge in [-0.05, 0) is 59.3 Å². The standard InChI is InChI=1S/C28H28O6/c29-23(17-31-25-7-3-1-4-8-25)19-33-27-13-11-21-12-14-28(16-22(21)15-27)34-20-24(30)18-32-26-9-5-2-6-10-26/h1-16,23-24,29-30H,17-20H2. The fourth-order valence-electron chi connectivity index (χ4n) is 3.28. The van der Waals surface area contributed by atoms with Crippen molar-refractivity contribution in [1.29, 1.82) is 0 Å². The molecule has 6 heteroatoms. The Morgan fingerprint density at radius 2 is 0.824 bits per heavy atom. The average Bonchev–Trinajstić information content (AvgIpc) is 2.89. The van der Waals surface area contributed by atoms with Gasteiger partial charge in [-0.1, -0.05) is 48.5 Å². The summed E-state index contributed by atoms with van der Waals surface area (Å²) in [5.41, 5.74) is 0. The quantitative estimate of drug-likeness (QED) is 0.325. The molecule has 0 heterocycles. The van der Waals surface area contributed by atoms with E-state index in [-0.39, 0.29) is 26.4 Å². The number of para-hydroxylation sites is 2. The summed E-state index contributed by atoms with van der Waals surface area (Å²) < 4.78 is 22.6. The molecule has 0 aliphatic heterocycles. The highest BCUT2D eigenvalue weighted by atomic mass is 16.5. The molecule has 4 aromatic carbocycles. The molecule has 0 saturated carbocycles. The van der Waals surface area contributed by atoms with Gasteiger partial charge in [-0.2, -0.15) is 0 Å². The molecule has 0 fully saturated rings. The number of ether oxygens (including phenoxy) is 4. The Labute approximate surface area is 198 Å². The van der Waals surface area contributed by atoms with E-state index in [1.807, 2.05) is 97.1 Å². The molecule has 2 unspecified atom stereocenters. The van der Waals surface area contributed by atoms with Crippen molar-refractivity contribution in [2.24, 2.45) is 0 Å². The average molecular weight is 461 g/mol. The van der Waals surface area contributed by atoms with Gasteiger partial charge >= 0.3 is 0 Å². The van der Waals surface area contributed by atoms with Crippen LogP contribution in [0.1, 0.15) is 0 Å². The predicted octanol–water partition coefficient (Wildman–Crippen LogP) is 4.48. The summed E-state index contributed by atoms with van der Waals surface area (Å²) in [6.07, 6.45) is -1.52. The van der Waals surface area contributed by atoms with Gasteiger partial charge in [0.1, 0.15) is 61.6 Å². The maximum absolute atomic E-state index is 10.2. The highest BCUT2D eigenvalue weighted by molar-refractivity contribution is 5.85. The van der Waals surface area contributed by atoms with Gasteiger partial charge in [0, 0.05) is 0 Å². The predicted molar refractivity (Wildman–Crippen MR) is 131 cm³/mol. The molecule has 2 N–H and O–H groups in total. The molecule has 0 saturated heterocycles. The molecule has 4 aromatic rings. The maximum atomic E-state index is 10.2. The van der Waals surface area contributed by atoms with Gasteiger partial charge < -0.3 is 29.2 Å². The van der Waals surface area contributed by atoms with Crippen LogP contribution in [0.2, 0.25) is 0 Å². The maximum Gasteiger partial charge on any atom is 0.122 e. The van der Waals surface area contributed by atoms with E-state index in [1.54, 1.807) is 0 Å². The van der Waals surface area contributed by atoms with Crippen molar-refractivity contribution in [3.63, 3.8) is 0 Å². The van der Waals surface area contributed by atoms with Gasteiger partial charge in [0.2, 0.25) is 0 Å². The Bertz CT molecular complexity index is 1060. The molecule has 176 valence electrons. The van der Waals surface area contributed by atoms with Crippen LogP contribution in [-0.4, -0.2) is 48.8 Å². The van der Waals surface area contributed by atoms with Gasteiger partial charge in [0.25, 0.3) is 0 Å². The van der Waals surface area contributed by atoms with E-state index in [0.717, 1.165) is 10.8 Å². The summed E-state index contributed by atoms with van der Waals surface area (Å²) >= 11 is 0. The van der Waals surface area contributed by atoms with Crippen LogP contribution in [0, 0.1) is 0 Å². The lowest BCUT2D eigenvalue weighted by Crippen LogP contribution is -2.25. The van der Waals surface area contributed by atoms with E-state index in [4.69, 9.17) is 18.9 Å². The lowest BCUT2D eigenvalue weighted by molar-refractivity contribution is 0.0625. The Hall–Kier alpha value is -3.74. The van der Waals surface area contributed by atoms with Crippen molar-refractivity contribution in [2.75, 3.05) is 26.4 Å². The van der Waals surface area contributed by atoms with Gasteiger partial charge in [-0.3, -0.25) is 0 Å². The van der Waals surface area contributed by atoms with Crippen LogP contribution in [-0.2, 0) is 0 Å². The minimum Gasteiger partial charge on any atom is -0.491 e. The van der Waals surface area contributed by atoms with Gasteiger partial charge in [-0.25, -0.2) is 0 Å². The summed E-state index contributed by atoms with van der Waals surface area (Å²) in [6, 6.07) is 30.1. The minimum absolute atomic E-state index is 0.113. The molecule has 0 aliphatic rings. The molecule has 2 atom stereocenters. The molecular weight excluding hydrogens is 432 g/mol. The summed E-state index contributed by atoms with van der Waals surface area (Å²) in [5.74, 6) is 2.69. The molecule has 34 heavy (non-hydrogen) atoms. The fraction of sp³-hybridized carbons (Fsp3) is 0.214. The zero-order valence-corrected chi connectivity index (χ0v) is 18.7. The monoisotopic (exact) mass is 460 g/mol. The van der Waals surface area contributed by atoms with Gasteiger partial charge in [0.15, 0.2) is 0 Å². The lowest BCUT2D eigenvalue weighted by atomic mass is 10.1. The highest BCUT2D eigenvalue weighted by Crippen LogP contribution is 2.25. The highest BCUT2D eigenvalue weighted by Gasteiger charge is 2.09. The Morgan fingerprint density at radius 1 is 0.441 bits per heavy atom. The Kier molecular flexibility index (Phi) is 8.22. The second kappa shape index (κ2) is 11.9. The summed E-state index contributed by atoms with van der Waals surface area (Å²) in [6.45, 7) is 0.516. The summed E-state index contributed by atoms with van der Waals surface area (Å²) in [4.78, 5) is 0. The van der Waals surface area contributed by atoms with Crippen LogP contribution in [0.3, 0.4) is 0 Å². The second-order valence-corrected chi connectivity index (χ2v) is 7.85. The zero-order valence-electron chi connectivity index (χ0n) is 18.7. The van der Waals surface area contributed by atoms with Crippen LogP contribution in [0.15, 0.2) is 97.1 Å². The SMILES string of the molecule is OC(COc1ccccc1)COc1ccc2ccc(OCC(O)COc3ccccc3)cc2c1. The number of aliphatic hydroxyl groups is 2. The number of benzene rings is 4. The largest absolute Gasteiger partial charge is 0.491 e. The van der Waals surface area contributed by atoms with Crippen molar-refractivity contribution in [2.45, 2.75) is 12.2 Å².